The van der Waals surface area contributed by atoms with Crippen molar-refractivity contribution in [1.82, 2.24) is 10.2 Å². The third kappa shape index (κ3) is 4.69. The summed E-state index contributed by atoms with van der Waals surface area (Å²) in [5.41, 5.74) is 1.98. The van der Waals surface area contributed by atoms with Crippen molar-refractivity contribution in [3.05, 3.63) is 64.6 Å². The van der Waals surface area contributed by atoms with E-state index in [1.165, 1.54) is 37.5 Å². The summed E-state index contributed by atoms with van der Waals surface area (Å²) in [6.07, 6.45) is 3.63. The summed E-state index contributed by atoms with van der Waals surface area (Å²) < 4.78 is 27.8. The van der Waals surface area contributed by atoms with Crippen LogP contribution in [0, 0.1) is 0 Å². The summed E-state index contributed by atoms with van der Waals surface area (Å²) >= 11 is 11.9. The Morgan fingerprint density at radius 1 is 0.867 bits per heavy atom. The molecule has 2 heterocycles. The second-order valence-corrected chi connectivity index (χ2v) is 9.58. The van der Waals surface area contributed by atoms with Crippen molar-refractivity contribution in [2.24, 2.45) is 0 Å². The highest BCUT2D eigenvalue weighted by molar-refractivity contribution is 7.92. The maximum Gasteiger partial charge on any atom is 0.263 e. The molecule has 0 spiro atoms. The molecular weight excluding hydrogens is 443 g/mol. The molecule has 2 aromatic carbocycles. The lowest BCUT2D eigenvalue weighted by molar-refractivity contribution is 0.571. The first kappa shape index (κ1) is 20.9. The first-order chi connectivity index (χ1) is 14.4. The number of piperidine rings is 1. The number of anilines is 2. The van der Waals surface area contributed by atoms with E-state index in [4.69, 9.17) is 23.2 Å². The minimum atomic E-state index is -3.86. The first-order valence-corrected chi connectivity index (χ1v) is 11.8. The predicted octanol–water partition coefficient (Wildman–Crippen LogP) is 5.24. The third-order valence-corrected chi connectivity index (χ3v) is 7.04. The smallest absolute Gasteiger partial charge is 0.263 e. The van der Waals surface area contributed by atoms with Crippen molar-refractivity contribution < 1.29 is 8.42 Å². The van der Waals surface area contributed by atoms with Gasteiger partial charge in [0, 0.05) is 29.4 Å². The van der Waals surface area contributed by atoms with Gasteiger partial charge in [0.2, 0.25) is 0 Å². The maximum absolute atomic E-state index is 12.6. The zero-order valence-electron chi connectivity index (χ0n) is 16.1. The van der Waals surface area contributed by atoms with Crippen molar-refractivity contribution in [3.8, 4) is 11.3 Å². The molecular formula is C21H20Cl2N4O2S. The van der Waals surface area contributed by atoms with E-state index in [0.29, 0.717) is 10.7 Å². The summed E-state index contributed by atoms with van der Waals surface area (Å²) in [6, 6.07) is 15.2. The molecule has 0 aliphatic carbocycles. The van der Waals surface area contributed by atoms with Crippen LogP contribution < -0.4 is 9.62 Å². The van der Waals surface area contributed by atoms with Crippen molar-refractivity contribution in [2.75, 3.05) is 22.7 Å². The van der Waals surface area contributed by atoms with E-state index in [1.807, 2.05) is 12.1 Å². The molecule has 1 saturated heterocycles. The van der Waals surface area contributed by atoms with Crippen LogP contribution in [0.1, 0.15) is 19.3 Å². The summed E-state index contributed by atoms with van der Waals surface area (Å²) in [4.78, 5) is 2.18. The summed E-state index contributed by atoms with van der Waals surface area (Å²) in [6.45, 7) is 2.03. The molecule has 6 nitrogen and oxygen atoms in total. The molecule has 1 aliphatic rings. The van der Waals surface area contributed by atoms with Crippen molar-refractivity contribution in [1.29, 1.82) is 0 Å². The number of rotatable bonds is 5. The number of hydrogen-bond acceptors (Lipinski definition) is 5. The second-order valence-electron chi connectivity index (χ2n) is 7.08. The molecule has 30 heavy (non-hydrogen) atoms. The molecule has 3 aromatic rings. The molecule has 4 rings (SSSR count). The molecule has 1 N–H and O–H groups in total. The highest BCUT2D eigenvalue weighted by Crippen LogP contribution is 2.28. The van der Waals surface area contributed by atoms with Gasteiger partial charge in [-0.15, -0.1) is 10.2 Å². The van der Waals surface area contributed by atoms with E-state index in [2.05, 4.69) is 19.8 Å². The van der Waals surface area contributed by atoms with E-state index < -0.39 is 10.0 Å². The van der Waals surface area contributed by atoms with Crippen LogP contribution in [0.15, 0.2) is 59.5 Å². The van der Waals surface area contributed by atoms with Gasteiger partial charge in [-0.25, -0.2) is 8.42 Å². The van der Waals surface area contributed by atoms with E-state index in [0.717, 1.165) is 30.2 Å². The number of sulfonamides is 1. The molecule has 0 amide bonds. The molecule has 0 bridgehead atoms. The highest BCUT2D eigenvalue weighted by Gasteiger charge is 2.19. The average Bonchev–Trinajstić information content (AvgIpc) is 2.76. The number of nitrogens with zero attached hydrogens (tertiary/aromatic N) is 3. The SMILES string of the molecule is O=S(=O)(Nc1ccc(-c2ccc(N3CCCCC3)nn2)cc1)c1cc(Cl)ccc1Cl. The number of nitrogens with one attached hydrogen (secondary N) is 1. The van der Waals surface area contributed by atoms with Gasteiger partial charge in [0.25, 0.3) is 10.0 Å². The number of benzene rings is 2. The molecule has 156 valence electrons. The van der Waals surface area contributed by atoms with Gasteiger partial charge >= 0.3 is 0 Å². The van der Waals surface area contributed by atoms with Crippen LogP contribution in [-0.2, 0) is 10.0 Å². The fourth-order valence-corrected chi connectivity index (χ4v) is 5.20. The Kier molecular flexibility index (Phi) is 6.13. The van der Waals surface area contributed by atoms with Crippen molar-refractivity contribution in [3.63, 3.8) is 0 Å². The van der Waals surface area contributed by atoms with Crippen LogP contribution in [0.25, 0.3) is 11.3 Å². The molecule has 0 unspecified atom stereocenters. The Bertz CT molecular complexity index is 1130. The zero-order valence-corrected chi connectivity index (χ0v) is 18.4. The van der Waals surface area contributed by atoms with Gasteiger partial charge in [-0.05, 0) is 61.7 Å². The highest BCUT2D eigenvalue weighted by atomic mass is 35.5. The Hall–Kier alpha value is -2.35. The Morgan fingerprint density at radius 2 is 1.60 bits per heavy atom. The Morgan fingerprint density at radius 3 is 2.27 bits per heavy atom. The molecule has 1 aliphatic heterocycles. The van der Waals surface area contributed by atoms with Gasteiger partial charge in [-0.3, -0.25) is 4.72 Å². The normalized spacial score (nSPS) is 14.5. The van der Waals surface area contributed by atoms with Gasteiger partial charge in [-0.2, -0.15) is 0 Å². The van der Waals surface area contributed by atoms with Crippen molar-refractivity contribution >= 4 is 44.7 Å². The Balaban J connectivity index is 1.49. The average molecular weight is 463 g/mol. The number of halogens is 2. The van der Waals surface area contributed by atoms with Crippen LogP contribution in [0.2, 0.25) is 10.0 Å². The van der Waals surface area contributed by atoms with Crippen LogP contribution in [-0.4, -0.2) is 31.7 Å². The van der Waals surface area contributed by atoms with Crippen LogP contribution in [0.5, 0.6) is 0 Å². The fraction of sp³-hybridized carbons (Fsp3) is 0.238. The molecule has 1 aromatic heterocycles. The molecule has 9 heteroatoms. The number of aromatic nitrogens is 2. The standard InChI is InChI=1S/C21H20Cl2N4O2S/c22-16-6-9-18(23)20(14-16)30(28,29)26-17-7-4-15(5-8-17)19-10-11-21(25-24-19)27-12-2-1-3-13-27/h4-11,14,26H,1-3,12-13H2. The van der Waals surface area contributed by atoms with Crippen LogP contribution in [0.3, 0.4) is 0 Å². The van der Waals surface area contributed by atoms with Crippen LogP contribution >= 0.6 is 23.2 Å². The summed E-state index contributed by atoms with van der Waals surface area (Å²) in [5, 5.41) is 9.09. The fourth-order valence-electron chi connectivity index (χ4n) is 3.37. The molecule has 1 fully saturated rings. The topological polar surface area (TPSA) is 75.2 Å². The minimum absolute atomic E-state index is 0.0695. The van der Waals surface area contributed by atoms with Gasteiger partial charge < -0.3 is 4.90 Å². The van der Waals surface area contributed by atoms with Gasteiger partial charge in [0.05, 0.1) is 10.7 Å². The molecule has 0 saturated carbocycles. The zero-order chi connectivity index (χ0) is 21.1. The lowest BCUT2D eigenvalue weighted by atomic mass is 10.1. The van der Waals surface area contributed by atoms with E-state index in [-0.39, 0.29) is 9.92 Å². The quantitative estimate of drug-likeness (QED) is 0.560. The van der Waals surface area contributed by atoms with Crippen molar-refractivity contribution in [2.45, 2.75) is 24.2 Å². The molecule has 0 radical (unpaired) electrons. The third-order valence-electron chi connectivity index (χ3n) is 4.95. The predicted molar refractivity (Wildman–Crippen MR) is 121 cm³/mol. The summed E-state index contributed by atoms with van der Waals surface area (Å²) in [5.74, 6) is 0.890. The first-order valence-electron chi connectivity index (χ1n) is 9.59. The lowest BCUT2D eigenvalue weighted by Crippen LogP contribution is -2.30. The maximum atomic E-state index is 12.6. The lowest BCUT2D eigenvalue weighted by Gasteiger charge is -2.27. The Labute approximate surface area is 185 Å². The van der Waals surface area contributed by atoms with Gasteiger partial charge in [0.15, 0.2) is 5.82 Å². The van der Waals surface area contributed by atoms with Gasteiger partial charge in [0.1, 0.15) is 4.90 Å². The van der Waals surface area contributed by atoms with Gasteiger partial charge in [-0.1, -0.05) is 35.3 Å². The van der Waals surface area contributed by atoms with E-state index in [9.17, 15) is 8.42 Å². The summed E-state index contributed by atoms with van der Waals surface area (Å²) in [7, 11) is -3.86. The monoisotopic (exact) mass is 462 g/mol. The van der Waals surface area contributed by atoms with E-state index in [1.54, 1.807) is 24.3 Å². The number of hydrogen-bond donors (Lipinski definition) is 1. The second kappa shape index (κ2) is 8.79. The van der Waals surface area contributed by atoms with Crippen LogP contribution in [0.4, 0.5) is 11.5 Å². The largest absolute Gasteiger partial charge is 0.355 e. The molecule has 0 atom stereocenters. The minimum Gasteiger partial charge on any atom is -0.355 e. The van der Waals surface area contributed by atoms with E-state index >= 15 is 0 Å².